The monoisotopic (exact) mass is 193 g/mol. The van der Waals surface area contributed by atoms with Crippen molar-refractivity contribution in [1.82, 2.24) is 15.2 Å². The van der Waals surface area contributed by atoms with E-state index in [1.54, 1.807) is 6.20 Å². The van der Waals surface area contributed by atoms with Gasteiger partial charge in [-0.25, -0.2) is 4.98 Å². The van der Waals surface area contributed by atoms with Crippen molar-refractivity contribution < 1.29 is 0 Å². The Labute approximate surface area is 83.3 Å². The summed E-state index contributed by atoms with van der Waals surface area (Å²) in [6.07, 6.45) is 5.71. The number of anilines is 1. The second kappa shape index (κ2) is 3.88. The van der Waals surface area contributed by atoms with Gasteiger partial charge in [-0.15, -0.1) is 10.2 Å². The number of hydrogen-bond acceptors (Lipinski definition) is 5. The van der Waals surface area contributed by atoms with Crippen molar-refractivity contribution in [2.45, 2.75) is 18.9 Å². The highest BCUT2D eigenvalue weighted by molar-refractivity contribution is 5.35. The molecule has 1 fully saturated rings. The standard InChI is InChI=1S/C9H15N5/c1-14(8(4-10)7-2-3-7)9-5-11-6-12-13-9/h5-8H,2-4,10H2,1H3. The number of likely N-dealkylation sites (N-methyl/N-ethyl adjacent to an activating group) is 1. The molecule has 0 aromatic carbocycles. The van der Waals surface area contributed by atoms with Gasteiger partial charge in [-0.3, -0.25) is 0 Å². The number of nitrogens with zero attached hydrogens (tertiary/aromatic N) is 4. The molecule has 0 bridgehead atoms. The van der Waals surface area contributed by atoms with Crippen molar-refractivity contribution in [1.29, 1.82) is 0 Å². The maximum Gasteiger partial charge on any atom is 0.169 e. The van der Waals surface area contributed by atoms with Crippen LogP contribution in [-0.4, -0.2) is 34.8 Å². The van der Waals surface area contributed by atoms with Gasteiger partial charge in [-0.2, -0.15) is 0 Å². The second-order valence-electron chi connectivity index (χ2n) is 3.72. The highest BCUT2D eigenvalue weighted by Crippen LogP contribution is 2.35. The lowest BCUT2D eigenvalue weighted by Crippen LogP contribution is -2.40. The summed E-state index contributed by atoms with van der Waals surface area (Å²) in [5.74, 6) is 1.53. The third kappa shape index (κ3) is 1.82. The van der Waals surface area contributed by atoms with Gasteiger partial charge >= 0.3 is 0 Å². The third-order valence-electron chi connectivity index (χ3n) is 2.73. The first-order valence-corrected chi connectivity index (χ1v) is 4.88. The van der Waals surface area contributed by atoms with Crippen LogP contribution in [0.4, 0.5) is 5.82 Å². The Morgan fingerprint density at radius 2 is 2.43 bits per heavy atom. The van der Waals surface area contributed by atoms with Crippen LogP contribution in [0.5, 0.6) is 0 Å². The fourth-order valence-electron chi connectivity index (χ4n) is 1.72. The molecule has 1 unspecified atom stereocenters. The van der Waals surface area contributed by atoms with Crippen LogP contribution in [0.25, 0.3) is 0 Å². The zero-order valence-corrected chi connectivity index (χ0v) is 8.30. The SMILES string of the molecule is CN(c1cncnn1)C(CN)C1CC1. The summed E-state index contributed by atoms with van der Waals surface area (Å²) in [6, 6.07) is 0.383. The van der Waals surface area contributed by atoms with Gasteiger partial charge in [-0.1, -0.05) is 0 Å². The smallest absolute Gasteiger partial charge is 0.169 e. The Hall–Kier alpha value is -1.23. The van der Waals surface area contributed by atoms with Gasteiger partial charge in [0.15, 0.2) is 5.82 Å². The molecular formula is C9H15N5. The largest absolute Gasteiger partial charge is 0.352 e. The highest BCUT2D eigenvalue weighted by Gasteiger charge is 2.33. The van der Waals surface area contributed by atoms with Gasteiger partial charge in [0.25, 0.3) is 0 Å². The minimum absolute atomic E-state index is 0.383. The molecule has 1 heterocycles. The van der Waals surface area contributed by atoms with Gasteiger partial charge < -0.3 is 10.6 Å². The quantitative estimate of drug-likeness (QED) is 0.731. The molecule has 2 rings (SSSR count). The minimum Gasteiger partial charge on any atom is -0.352 e. The molecule has 0 saturated heterocycles. The molecule has 0 aliphatic heterocycles. The molecule has 76 valence electrons. The van der Waals surface area contributed by atoms with Crippen molar-refractivity contribution >= 4 is 5.82 Å². The number of nitrogens with two attached hydrogens (primary N) is 1. The average Bonchev–Trinajstić information content (AvgIpc) is 3.04. The van der Waals surface area contributed by atoms with E-state index in [-0.39, 0.29) is 0 Å². The molecule has 0 radical (unpaired) electrons. The molecule has 2 N–H and O–H groups in total. The lowest BCUT2D eigenvalue weighted by Gasteiger charge is -2.27. The predicted molar refractivity (Wildman–Crippen MR) is 53.8 cm³/mol. The van der Waals surface area contributed by atoms with Crippen LogP contribution in [0, 0.1) is 5.92 Å². The molecule has 1 aliphatic rings. The van der Waals surface area contributed by atoms with E-state index in [0.717, 1.165) is 11.7 Å². The fourth-order valence-corrected chi connectivity index (χ4v) is 1.72. The normalized spacial score (nSPS) is 17.9. The van der Waals surface area contributed by atoms with E-state index in [1.807, 2.05) is 7.05 Å². The van der Waals surface area contributed by atoms with Crippen LogP contribution >= 0.6 is 0 Å². The zero-order chi connectivity index (χ0) is 9.97. The Morgan fingerprint density at radius 3 is 2.93 bits per heavy atom. The molecule has 1 saturated carbocycles. The Kier molecular flexibility index (Phi) is 2.58. The molecule has 5 nitrogen and oxygen atoms in total. The van der Waals surface area contributed by atoms with Crippen molar-refractivity contribution in [2.75, 3.05) is 18.5 Å². The molecule has 5 heteroatoms. The molecule has 0 amide bonds. The minimum atomic E-state index is 0.383. The maximum absolute atomic E-state index is 5.74. The van der Waals surface area contributed by atoms with E-state index in [4.69, 9.17) is 5.73 Å². The maximum atomic E-state index is 5.74. The van der Waals surface area contributed by atoms with Crippen molar-refractivity contribution in [3.8, 4) is 0 Å². The Balaban J connectivity index is 2.09. The molecule has 1 atom stereocenters. The summed E-state index contributed by atoms with van der Waals surface area (Å²) < 4.78 is 0. The molecule has 1 aromatic rings. The van der Waals surface area contributed by atoms with Gasteiger partial charge in [-0.05, 0) is 18.8 Å². The predicted octanol–water partition coefficient (Wildman–Crippen LogP) is 0.0451. The van der Waals surface area contributed by atoms with Crippen LogP contribution in [0.1, 0.15) is 12.8 Å². The van der Waals surface area contributed by atoms with Crippen LogP contribution in [0.3, 0.4) is 0 Å². The van der Waals surface area contributed by atoms with E-state index in [2.05, 4.69) is 20.1 Å². The van der Waals surface area contributed by atoms with E-state index in [1.165, 1.54) is 19.2 Å². The number of hydrogen-bond donors (Lipinski definition) is 1. The molecule has 14 heavy (non-hydrogen) atoms. The van der Waals surface area contributed by atoms with Crippen LogP contribution < -0.4 is 10.6 Å². The molecule has 0 spiro atoms. The fraction of sp³-hybridized carbons (Fsp3) is 0.667. The Bertz CT molecular complexity index is 285. The topological polar surface area (TPSA) is 67.9 Å². The second-order valence-corrected chi connectivity index (χ2v) is 3.72. The molecule has 1 aliphatic carbocycles. The number of rotatable bonds is 4. The van der Waals surface area contributed by atoms with E-state index >= 15 is 0 Å². The number of aromatic nitrogens is 3. The first-order chi connectivity index (χ1) is 6.83. The summed E-state index contributed by atoms with van der Waals surface area (Å²) in [5.41, 5.74) is 5.74. The third-order valence-corrected chi connectivity index (χ3v) is 2.73. The van der Waals surface area contributed by atoms with Crippen molar-refractivity contribution in [3.63, 3.8) is 0 Å². The average molecular weight is 193 g/mol. The van der Waals surface area contributed by atoms with E-state index < -0.39 is 0 Å². The van der Waals surface area contributed by atoms with Gasteiger partial charge in [0, 0.05) is 19.6 Å². The van der Waals surface area contributed by atoms with Crippen molar-refractivity contribution in [2.24, 2.45) is 11.7 Å². The summed E-state index contributed by atoms with van der Waals surface area (Å²) in [4.78, 5) is 6.03. The van der Waals surface area contributed by atoms with E-state index in [0.29, 0.717) is 12.6 Å². The zero-order valence-electron chi connectivity index (χ0n) is 8.30. The van der Waals surface area contributed by atoms with Crippen LogP contribution in [-0.2, 0) is 0 Å². The van der Waals surface area contributed by atoms with E-state index in [9.17, 15) is 0 Å². The lowest BCUT2D eigenvalue weighted by molar-refractivity contribution is 0.563. The molecule has 1 aromatic heterocycles. The highest BCUT2D eigenvalue weighted by atomic mass is 15.3. The summed E-state index contributed by atoms with van der Waals surface area (Å²) >= 11 is 0. The van der Waals surface area contributed by atoms with Crippen molar-refractivity contribution in [3.05, 3.63) is 12.5 Å². The summed E-state index contributed by atoms with van der Waals surface area (Å²) in [6.45, 7) is 0.664. The summed E-state index contributed by atoms with van der Waals surface area (Å²) in [7, 11) is 2.00. The van der Waals surface area contributed by atoms with Crippen LogP contribution in [0.2, 0.25) is 0 Å². The molecular weight excluding hydrogens is 178 g/mol. The Morgan fingerprint density at radius 1 is 1.64 bits per heavy atom. The first kappa shape index (κ1) is 9.33. The lowest BCUT2D eigenvalue weighted by atomic mass is 10.1. The van der Waals surface area contributed by atoms with Gasteiger partial charge in [0.2, 0.25) is 0 Å². The first-order valence-electron chi connectivity index (χ1n) is 4.88. The van der Waals surface area contributed by atoms with Crippen LogP contribution in [0.15, 0.2) is 12.5 Å². The summed E-state index contributed by atoms with van der Waals surface area (Å²) in [5, 5.41) is 7.77. The van der Waals surface area contributed by atoms with Gasteiger partial charge in [0.1, 0.15) is 6.33 Å². The van der Waals surface area contributed by atoms with Gasteiger partial charge in [0.05, 0.1) is 6.20 Å².